The van der Waals surface area contributed by atoms with Crippen molar-refractivity contribution in [3.8, 4) is 17.2 Å². The zero-order valence-corrected chi connectivity index (χ0v) is 23.7. The minimum absolute atomic E-state index is 0.364. The van der Waals surface area contributed by atoms with Crippen molar-refractivity contribution in [1.29, 1.82) is 0 Å². The first kappa shape index (κ1) is 25.7. The fourth-order valence-electron chi connectivity index (χ4n) is 6.04. The van der Waals surface area contributed by atoms with E-state index in [0.29, 0.717) is 22.8 Å². The number of methoxy groups -OCH3 is 1. The standard InChI is InChI=1S/C36H30N2O4/c1-4-38(25-16-14-23(2)15-17-25)26-18-19-29-32(20-26)41-33-22-34(40-3)31(37-24-10-6-5-7-11-24)21-30(33)36(29)28-13-9-8-12-27(28)35(39)42-36/h5-22,37H,4H2,1-3H3/t36-/m0/s1. The molecule has 1 spiro atoms. The van der Waals surface area contributed by atoms with Crippen molar-refractivity contribution < 1.29 is 19.0 Å². The van der Waals surface area contributed by atoms with Crippen molar-refractivity contribution in [3.05, 3.63) is 137 Å². The Hall–Kier alpha value is -5.23. The third kappa shape index (κ3) is 3.98. The zero-order chi connectivity index (χ0) is 28.8. The Morgan fingerprint density at radius 2 is 1.50 bits per heavy atom. The number of nitrogens with one attached hydrogen (secondary N) is 1. The highest BCUT2D eigenvalue weighted by Gasteiger charge is 2.54. The van der Waals surface area contributed by atoms with Crippen LogP contribution in [0.2, 0.25) is 0 Å². The molecule has 2 heterocycles. The molecule has 208 valence electrons. The van der Waals surface area contributed by atoms with Crippen molar-refractivity contribution in [1.82, 2.24) is 0 Å². The maximum absolute atomic E-state index is 13.4. The Kier molecular flexibility index (Phi) is 6.12. The van der Waals surface area contributed by atoms with E-state index in [1.807, 2.05) is 78.9 Å². The van der Waals surface area contributed by atoms with E-state index in [4.69, 9.17) is 14.2 Å². The van der Waals surface area contributed by atoms with Gasteiger partial charge in [0.05, 0.1) is 18.4 Å². The molecule has 7 rings (SSSR count). The van der Waals surface area contributed by atoms with Gasteiger partial charge in [0, 0.05) is 52.4 Å². The summed E-state index contributed by atoms with van der Waals surface area (Å²) in [7, 11) is 1.63. The number of anilines is 4. The van der Waals surface area contributed by atoms with Crippen molar-refractivity contribution in [2.75, 3.05) is 23.9 Å². The molecule has 1 atom stereocenters. The van der Waals surface area contributed by atoms with Gasteiger partial charge in [-0.05, 0) is 62.4 Å². The fraction of sp³-hybridized carbons (Fsp3) is 0.139. The maximum Gasteiger partial charge on any atom is 0.340 e. The van der Waals surface area contributed by atoms with Crippen molar-refractivity contribution >= 4 is 28.7 Å². The third-order valence-electron chi connectivity index (χ3n) is 8.04. The molecule has 0 fully saturated rings. The second kappa shape index (κ2) is 10.00. The first-order valence-corrected chi connectivity index (χ1v) is 14.1. The summed E-state index contributed by atoms with van der Waals surface area (Å²) in [4.78, 5) is 15.6. The van der Waals surface area contributed by atoms with E-state index in [0.717, 1.165) is 46.0 Å². The summed E-state index contributed by atoms with van der Waals surface area (Å²) in [5.74, 6) is 1.44. The summed E-state index contributed by atoms with van der Waals surface area (Å²) in [6.07, 6.45) is 0. The number of para-hydroxylation sites is 1. The highest BCUT2D eigenvalue weighted by Crippen LogP contribution is 2.58. The van der Waals surface area contributed by atoms with Crippen LogP contribution in [0.1, 0.15) is 39.5 Å². The van der Waals surface area contributed by atoms with Crippen molar-refractivity contribution in [2.24, 2.45) is 0 Å². The van der Waals surface area contributed by atoms with Gasteiger partial charge in [-0.15, -0.1) is 0 Å². The number of ether oxygens (including phenoxy) is 3. The molecule has 0 saturated heterocycles. The number of aryl methyl sites for hydroxylation is 1. The summed E-state index contributed by atoms with van der Waals surface area (Å²) >= 11 is 0. The van der Waals surface area contributed by atoms with Gasteiger partial charge in [0.25, 0.3) is 0 Å². The monoisotopic (exact) mass is 554 g/mol. The predicted octanol–water partition coefficient (Wildman–Crippen LogP) is 8.47. The normalized spacial score (nSPS) is 16.1. The van der Waals surface area contributed by atoms with Gasteiger partial charge in [0.15, 0.2) is 5.60 Å². The number of carbonyl (C=O) groups is 1. The summed E-state index contributed by atoms with van der Waals surface area (Å²) in [5, 5.41) is 3.47. The average molecular weight is 555 g/mol. The van der Waals surface area contributed by atoms with Gasteiger partial charge >= 0.3 is 5.97 Å². The molecule has 1 N–H and O–H groups in total. The van der Waals surface area contributed by atoms with Crippen LogP contribution in [0.4, 0.5) is 22.7 Å². The number of fused-ring (bicyclic) bond motifs is 6. The molecule has 0 bridgehead atoms. The van der Waals surface area contributed by atoms with Crippen molar-refractivity contribution in [3.63, 3.8) is 0 Å². The minimum atomic E-state index is -1.19. The molecule has 0 aliphatic carbocycles. The number of hydrogen-bond donors (Lipinski definition) is 1. The van der Waals surface area contributed by atoms with E-state index < -0.39 is 5.60 Å². The Balaban J connectivity index is 1.42. The topological polar surface area (TPSA) is 60.0 Å². The van der Waals surface area contributed by atoms with E-state index >= 15 is 0 Å². The molecule has 0 aromatic heterocycles. The molecule has 5 aromatic carbocycles. The average Bonchev–Trinajstić information content (AvgIpc) is 3.31. The lowest BCUT2D eigenvalue weighted by Gasteiger charge is -2.37. The van der Waals surface area contributed by atoms with Crippen LogP contribution in [0.5, 0.6) is 17.2 Å². The molecule has 0 amide bonds. The summed E-state index contributed by atoms with van der Waals surface area (Å²) in [6, 6.07) is 35.9. The van der Waals surface area contributed by atoms with Gasteiger partial charge in [-0.2, -0.15) is 0 Å². The molecule has 0 saturated carbocycles. The number of carbonyl (C=O) groups excluding carboxylic acids is 1. The number of nitrogens with zero attached hydrogens (tertiary/aromatic N) is 1. The quantitative estimate of drug-likeness (QED) is 0.213. The molecular weight excluding hydrogens is 524 g/mol. The lowest BCUT2D eigenvalue weighted by Crippen LogP contribution is -2.33. The van der Waals surface area contributed by atoms with Gasteiger partial charge in [-0.1, -0.05) is 54.1 Å². The van der Waals surface area contributed by atoms with Crippen LogP contribution in [-0.2, 0) is 10.3 Å². The van der Waals surface area contributed by atoms with Crippen molar-refractivity contribution in [2.45, 2.75) is 19.4 Å². The lowest BCUT2D eigenvalue weighted by atomic mass is 9.77. The summed E-state index contributed by atoms with van der Waals surface area (Å²) in [6.45, 7) is 4.97. The number of hydrogen-bond acceptors (Lipinski definition) is 6. The molecule has 0 radical (unpaired) electrons. The first-order chi connectivity index (χ1) is 20.5. The van der Waals surface area contributed by atoms with E-state index in [1.165, 1.54) is 5.56 Å². The van der Waals surface area contributed by atoms with Gasteiger partial charge in [-0.3, -0.25) is 0 Å². The Morgan fingerprint density at radius 1 is 0.786 bits per heavy atom. The SMILES string of the molecule is CCN(c1ccc(C)cc1)c1ccc2c(c1)Oc1cc(OC)c(Nc3ccccc3)cc1[C@@]21OC(=O)c2ccccc21. The summed E-state index contributed by atoms with van der Waals surface area (Å²) < 4.78 is 18.8. The highest BCUT2D eigenvalue weighted by atomic mass is 16.6. The van der Waals surface area contributed by atoms with Gasteiger partial charge in [0.1, 0.15) is 17.2 Å². The van der Waals surface area contributed by atoms with Crippen LogP contribution in [0.15, 0.2) is 109 Å². The van der Waals surface area contributed by atoms with Crippen LogP contribution in [-0.4, -0.2) is 19.6 Å². The van der Waals surface area contributed by atoms with Crippen LogP contribution in [0.25, 0.3) is 0 Å². The summed E-state index contributed by atoms with van der Waals surface area (Å²) in [5.41, 5.74) is 6.57. The second-order valence-corrected chi connectivity index (χ2v) is 10.5. The molecule has 42 heavy (non-hydrogen) atoms. The Morgan fingerprint density at radius 3 is 2.26 bits per heavy atom. The smallest absolute Gasteiger partial charge is 0.340 e. The second-order valence-electron chi connectivity index (χ2n) is 10.5. The zero-order valence-electron chi connectivity index (χ0n) is 23.7. The minimum Gasteiger partial charge on any atom is -0.494 e. The third-order valence-corrected chi connectivity index (χ3v) is 8.04. The van der Waals surface area contributed by atoms with E-state index in [1.54, 1.807) is 7.11 Å². The first-order valence-electron chi connectivity index (χ1n) is 14.1. The van der Waals surface area contributed by atoms with Gasteiger partial charge in [-0.25, -0.2) is 4.79 Å². The number of esters is 1. The predicted molar refractivity (Wildman–Crippen MR) is 165 cm³/mol. The van der Waals surface area contributed by atoms with Crippen LogP contribution >= 0.6 is 0 Å². The number of benzene rings is 5. The molecule has 6 nitrogen and oxygen atoms in total. The highest BCUT2D eigenvalue weighted by molar-refractivity contribution is 5.97. The van der Waals surface area contributed by atoms with E-state index in [2.05, 4.69) is 54.4 Å². The molecular formula is C36H30N2O4. The Bertz CT molecular complexity index is 1820. The maximum atomic E-state index is 13.4. The van der Waals surface area contributed by atoms with Gasteiger partial charge < -0.3 is 24.4 Å². The van der Waals surface area contributed by atoms with E-state index in [9.17, 15) is 4.79 Å². The molecule has 6 heteroatoms. The van der Waals surface area contributed by atoms with E-state index in [-0.39, 0.29) is 5.97 Å². The molecule has 5 aromatic rings. The molecule has 2 aliphatic rings. The van der Waals surface area contributed by atoms with Crippen LogP contribution < -0.4 is 19.7 Å². The molecule has 2 aliphatic heterocycles. The largest absolute Gasteiger partial charge is 0.494 e. The fourth-order valence-corrected chi connectivity index (χ4v) is 6.04. The Labute approximate surface area is 245 Å². The number of rotatable bonds is 6. The van der Waals surface area contributed by atoms with Gasteiger partial charge in [0.2, 0.25) is 0 Å². The lowest BCUT2D eigenvalue weighted by molar-refractivity contribution is 0.0224. The van der Waals surface area contributed by atoms with Crippen LogP contribution in [0.3, 0.4) is 0 Å². The van der Waals surface area contributed by atoms with Crippen LogP contribution in [0, 0.1) is 6.92 Å². The molecule has 0 unspecified atom stereocenters.